The predicted molar refractivity (Wildman–Crippen MR) is 115 cm³/mol. The highest BCUT2D eigenvalue weighted by molar-refractivity contribution is 7.89. The van der Waals surface area contributed by atoms with E-state index in [2.05, 4.69) is 4.90 Å². The van der Waals surface area contributed by atoms with Crippen LogP contribution in [0.3, 0.4) is 0 Å². The lowest BCUT2D eigenvalue weighted by atomic mass is 9.93. The standard InChI is InChI=1S/C22H33N3O4S/c26-22(21-7-4-11-25(21)30(27,28)20-5-2-1-3-6-20)24-13-9-19(10-14-24)8-12-23-15-17-29-18-16-23/h1-3,5-6,19,21H,4,7-18H2. The lowest BCUT2D eigenvalue weighted by molar-refractivity contribution is -0.136. The van der Waals surface area contributed by atoms with Crippen LogP contribution in [0.5, 0.6) is 0 Å². The highest BCUT2D eigenvalue weighted by Crippen LogP contribution is 2.29. The Bertz CT molecular complexity index is 803. The monoisotopic (exact) mass is 435 g/mol. The van der Waals surface area contributed by atoms with E-state index in [1.807, 2.05) is 4.90 Å². The van der Waals surface area contributed by atoms with Crippen molar-refractivity contribution in [3.63, 3.8) is 0 Å². The van der Waals surface area contributed by atoms with Crippen molar-refractivity contribution < 1.29 is 17.9 Å². The van der Waals surface area contributed by atoms with Crippen molar-refractivity contribution in [1.82, 2.24) is 14.1 Å². The van der Waals surface area contributed by atoms with Gasteiger partial charge in [-0.2, -0.15) is 4.31 Å². The van der Waals surface area contributed by atoms with Gasteiger partial charge in [-0.15, -0.1) is 0 Å². The van der Waals surface area contributed by atoms with Crippen molar-refractivity contribution in [2.45, 2.75) is 43.0 Å². The molecule has 0 radical (unpaired) electrons. The number of carbonyl (C=O) groups excluding carboxylic acids is 1. The molecule has 4 rings (SSSR count). The summed E-state index contributed by atoms with van der Waals surface area (Å²) in [4.78, 5) is 17.8. The minimum absolute atomic E-state index is 0.0152. The molecular formula is C22H33N3O4S. The Morgan fingerprint density at radius 1 is 0.967 bits per heavy atom. The fraction of sp³-hybridized carbons (Fsp3) is 0.682. The van der Waals surface area contributed by atoms with Crippen molar-refractivity contribution in [2.75, 3.05) is 52.5 Å². The number of sulfonamides is 1. The highest BCUT2D eigenvalue weighted by Gasteiger charge is 2.41. The van der Waals surface area contributed by atoms with E-state index in [1.165, 1.54) is 10.7 Å². The van der Waals surface area contributed by atoms with Crippen molar-refractivity contribution in [2.24, 2.45) is 5.92 Å². The highest BCUT2D eigenvalue weighted by atomic mass is 32.2. The SMILES string of the molecule is O=C(C1CCCN1S(=O)(=O)c1ccccc1)N1CCC(CCN2CCOCC2)CC1. The van der Waals surface area contributed by atoms with Gasteiger partial charge in [-0.05, 0) is 56.7 Å². The van der Waals surface area contributed by atoms with Crippen LogP contribution in [0.4, 0.5) is 0 Å². The Balaban J connectivity index is 1.31. The van der Waals surface area contributed by atoms with Crippen LogP contribution in [0, 0.1) is 5.92 Å². The Labute approximate surface area is 180 Å². The molecule has 3 saturated heterocycles. The molecule has 0 aromatic heterocycles. The second-order valence-electron chi connectivity index (χ2n) is 8.60. The smallest absolute Gasteiger partial charge is 0.243 e. The van der Waals surface area contributed by atoms with Crippen LogP contribution in [0.2, 0.25) is 0 Å². The van der Waals surface area contributed by atoms with E-state index in [-0.39, 0.29) is 10.8 Å². The maximum Gasteiger partial charge on any atom is 0.243 e. The minimum Gasteiger partial charge on any atom is -0.379 e. The van der Waals surface area contributed by atoms with E-state index in [0.717, 1.165) is 65.2 Å². The normalized spacial score (nSPS) is 24.9. The van der Waals surface area contributed by atoms with E-state index >= 15 is 0 Å². The topological polar surface area (TPSA) is 70.2 Å². The molecule has 1 aromatic rings. The molecule has 1 aromatic carbocycles. The van der Waals surface area contributed by atoms with Gasteiger partial charge in [-0.25, -0.2) is 8.42 Å². The van der Waals surface area contributed by atoms with Gasteiger partial charge in [-0.3, -0.25) is 9.69 Å². The number of rotatable bonds is 6. The molecule has 3 aliphatic heterocycles. The molecule has 0 spiro atoms. The number of carbonyl (C=O) groups is 1. The van der Waals surface area contributed by atoms with Crippen LogP contribution >= 0.6 is 0 Å². The molecule has 0 bridgehead atoms. The molecule has 1 unspecified atom stereocenters. The number of morpholine rings is 1. The van der Waals surface area contributed by atoms with E-state index in [4.69, 9.17) is 4.74 Å². The number of hydrogen-bond acceptors (Lipinski definition) is 5. The molecule has 3 aliphatic rings. The van der Waals surface area contributed by atoms with Crippen LogP contribution in [-0.4, -0.2) is 87.0 Å². The summed E-state index contributed by atoms with van der Waals surface area (Å²) in [7, 11) is -3.63. The van der Waals surface area contributed by atoms with E-state index in [9.17, 15) is 13.2 Å². The summed E-state index contributed by atoms with van der Waals surface area (Å²) in [6.07, 6.45) is 4.53. The predicted octanol–water partition coefficient (Wildman–Crippen LogP) is 1.80. The molecule has 30 heavy (non-hydrogen) atoms. The number of ether oxygens (including phenoxy) is 1. The first-order chi connectivity index (χ1) is 14.6. The molecule has 1 amide bonds. The molecule has 1 atom stereocenters. The largest absolute Gasteiger partial charge is 0.379 e. The van der Waals surface area contributed by atoms with E-state index in [1.54, 1.807) is 30.3 Å². The summed E-state index contributed by atoms with van der Waals surface area (Å²) in [6.45, 7) is 6.70. The molecule has 8 heteroatoms. The van der Waals surface area contributed by atoms with Crippen molar-refractivity contribution in [1.29, 1.82) is 0 Å². The summed E-state index contributed by atoms with van der Waals surface area (Å²) >= 11 is 0. The zero-order valence-corrected chi connectivity index (χ0v) is 18.4. The van der Waals surface area contributed by atoms with Crippen LogP contribution in [0.25, 0.3) is 0 Å². The number of nitrogens with zero attached hydrogens (tertiary/aromatic N) is 3. The first-order valence-corrected chi connectivity index (χ1v) is 12.7. The average Bonchev–Trinajstić information content (AvgIpc) is 3.30. The molecule has 0 aliphatic carbocycles. The Kier molecular flexibility index (Phi) is 7.08. The van der Waals surface area contributed by atoms with E-state index in [0.29, 0.717) is 18.9 Å². The molecule has 3 heterocycles. The first kappa shape index (κ1) is 21.7. The zero-order chi connectivity index (χ0) is 21.0. The lowest BCUT2D eigenvalue weighted by Gasteiger charge is -2.36. The maximum absolute atomic E-state index is 13.2. The fourth-order valence-corrected chi connectivity index (χ4v) is 6.52. The van der Waals surface area contributed by atoms with Gasteiger partial charge in [-0.1, -0.05) is 18.2 Å². The van der Waals surface area contributed by atoms with Gasteiger partial charge >= 0.3 is 0 Å². The van der Waals surface area contributed by atoms with Crippen LogP contribution in [0.1, 0.15) is 32.1 Å². The van der Waals surface area contributed by atoms with Crippen LogP contribution < -0.4 is 0 Å². The number of benzene rings is 1. The number of hydrogen-bond donors (Lipinski definition) is 0. The molecular weight excluding hydrogens is 402 g/mol. The summed E-state index contributed by atoms with van der Waals surface area (Å²) in [5, 5.41) is 0. The summed E-state index contributed by atoms with van der Waals surface area (Å²) < 4.78 is 33.0. The molecule has 0 saturated carbocycles. The summed E-state index contributed by atoms with van der Waals surface area (Å²) in [5.41, 5.74) is 0. The van der Waals surface area contributed by atoms with Gasteiger partial charge in [0.2, 0.25) is 15.9 Å². The third-order valence-corrected chi connectivity index (χ3v) is 8.64. The summed E-state index contributed by atoms with van der Waals surface area (Å²) in [6, 6.07) is 7.90. The summed E-state index contributed by atoms with van der Waals surface area (Å²) in [5.74, 6) is 0.628. The van der Waals surface area contributed by atoms with Gasteiger partial charge in [0, 0.05) is 32.7 Å². The Hall–Kier alpha value is -1.48. The lowest BCUT2D eigenvalue weighted by Crippen LogP contribution is -2.50. The van der Waals surface area contributed by atoms with Gasteiger partial charge in [0.05, 0.1) is 18.1 Å². The molecule has 7 nitrogen and oxygen atoms in total. The Morgan fingerprint density at radius 3 is 2.37 bits per heavy atom. The van der Waals surface area contributed by atoms with Gasteiger partial charge < -0.3 is 9.64 Å². The molecule has 3 fully saturated rings. The van der Waals surface area contributed by atoms with Crippen molar-refractivity contribution in [3.05, 3.63) is 30.3 Å². The van der Waals surface area contributed by atoms with Crippen LogP contribution in [0.15, 0.2) is 35.2 Å². The number of amides is 1. The third-order valence-electron chi connectivity index (χ3n) is 6.72. The van der Waals surface area contributed by atoms with Gasteiger partial charge in [0.25, 0.3) is 0 Å². The van der Waals surface area contributed by atoms with Gasteiger partial charge in [0.15, 0.2) is 0 Å². The maximum atomic E-state index is 13.2. The minimum atomic E-state index is -3.63. The third kappa shape index (κ3) is 4.88. The second-order valence-corrected chi connectivity index (χ2v) is 10.5. The number of piperidine rings is 1. The first-order valence-electron chi connectivity index (χ1n) is 11.2. The fourth-order valence-electron chi connectivity index (χ4n) is 4.85. The van der Waals surface area contributed by atoms with E-state index < -0.39 is 16.1 Å². The van der Waals surface area contributed by atoms with Crippen LogP contribution in [-0.2, 0) is 19.6 Å². The second kappa shape index (κ2) is 9.77. The average molecular weight is 436 g/mol. The Morgan fingerprint density at radius 2 is 1.67 bits per heavy atom. The van der Waals surface area contributed by atoms with Crippen molar-refractivity contribution in [3.8, 4) is 0 Å². The number of likely N-dealkylation sites (tertiary alicyclic amines) is 1. The van der Waals surface area contributed by atoms with Gasteiger partial charge in [0.1, 0.15) is 6.04 Å². The van der Waals surface area contributed by atoms with Crippen molar-refractivity contribution >= 4 is 15.9 Å². The molecule has 0 N–H and O–H groups in total. The molecule has 166 valence electrons. The quantitative estimate of drug-likeness (QED) is 0.682. The zero-order valence-electron chi connectivity index (χ0n) is 17.6.